The van der Waals surface area contributed by atoms with Gasteiger partial charge in [-0.1, -0.05) is 0 Å². The van der Waals surface area contributed by atoms with Crippen LogP contribution in [0, 0.1) is 0 Å². The maximum atomic E-state index is 11.5. The summed E-state index contributed by atoms with van der Waals surface area (Å²) in [7, 11) is 1.45. The third kappa shape index (κ3) is 2.61. The third-order valence-corrected chi connectivity index (χ3v) is 2.08. The molecule has 0 aliphatic carbocycles. The van der Waals surface area contributed by atoms with E-state index in [0.29, 0.717) is 0 Å². The first kappa shape index (κ1) is 11.4. The molecule has 0 N–H and O–H groups in total. The molecule has 82 valence electrons. The van der Waals surface area contributed by atoms with Gasteiger partial charge >= 0.3 is 0 Å². The normalized spacial score (nSPS) is 18.1. The van der Waals surface area contributed by atoms with E-state index in [2.05, 4.69) is 0 Å². The van der Waals surface area contributed by atoms with Gasteiger partial charge in [-0.15, -0.1) is 0 Å². The molecule has 0 aromatic heterocycles. The molecule has 0 aromatic carbocycles. The van der Waals surface area contributed by atoms with Gasteiger partial charge in [-0.05, 0) is 6.92 Å². The summed E-state index contributed by atoms with van der Waals surface area (Å²) >= 11 is 0. The Kier molecular flexibility index (Phi) is 3.18. The second-order valence-electron chi connectivity index (χ2n) is 3.50. The Labute approximate surface area is 86.8 Å². The van der Waals surface area contributed by atoms with E-state index in [0.717, 1.165) is 4.90 Å². The summed E-state index contributed by atoms with van der Waals surface area (Å²) in [4.78, 5) is 47.0. The van der Waals surface area contributed by atoms with Crippen molar-refractivity contribution in [1.29, 1.82) is 0 Å². The molecule has 3 amide bonds. The molecule has 1 saturated heterocycles. The molecule has 0 aromatic rings. The highest BCUT2D eigenvalue weighted by Crippen LogP contribution is 2.05. The van der Waals surface area contributed by atoms with Crippen molar-refractivity contribution < 1.29 is 19.2 Å². The summed E-state index contributed by atoms with van der Waals surface area (Å²) in [5.41, 5.74) is 0. The third-order valence-electron chi connectivity index (χ3n) is 2.08. The summed E-state index contributed by atoms with van der Waals surface area (Å²) in [5.74, 6) is -1.80. The first-order valence-electron chi connectivity index (χ1n) is 4.48. The van der Waals surface area contributed by atoms with Crippen molar-refractivity contribution >= 4 is 23.5 Å². The minimum absolute atomic E-state index is 0.155. The van der Waals surface area contributed by atoms with Crippen LogP contribution in [0.2, 0.25) is 0 Å². The number of imide groups is 1. The maximum absolute atomic E-state index is 11.5. The Hall–Kier alpha value is -1.72. The Bertz CT molecular complexity index is 337. The lowest BCUT2D eigenvalue weighted by molar-refractivity contribution is -0.146. The fraction of sp³-hybridized carbons (Fsp3) is 0.556. The van der Waals surface area contributed by atoms with Crippen LogP contribution in [0.15, 0.2) is 0 Å². The predicted molar refractivity (Wildman–Crippen MR) is 49.7 cm³/mol. The fourth-order valence-corrected chi connectivity index (χ4v) is 1.27. The predicted octanol–water partition coefficient (Wildman–Crippen LogP) is -1.21. The van der Waals surface area contributed by atoms with Crippen molar-refractivity contribution in [2.24, 2.45) is 0 Å². The molecular weight excluding hydrogens is 200 g/mol. The lowest BCUT2D eigenvalue weighted by Crippen LogP contribution is -2.41. The first-order valence-corrected chi connectivity index (χ1v) is 4.48. The lowest BCUT2D eigenvalue weighted by atomic mass is 10.3. The number of nitrogens with zero attached hydrogens (tertiary/aromatic N) is 2. The molecule has 6 nitrogen and oxygen atoms in total. The van der Waals surface area contributed by atoms with Crippen LogP contribution in [0.4, 0.5) is 0 Å². The van der Waals surface area contributed by atoms with Crippen LogP contribution in [0.25, 0.3) is 0 Å². The number of rotatable bonds is 2. The molecule has 0 unspecified atom stereocenters. The van der Waals surface area contributed by atoms with Gasteiger partial charge in [0.25, 0.3) is 0 Å². The number of hydrogen-bond donors (Lipinski definition) is 0. The molecular formula is C9H12N2O4. The molecule has 6 heteroatoms. The highest BCUT2D eigenvalue weighted by atomic mass is 16.2. The zero-order valence-corrected chi connectivity index (χ0v) is 8.65. The maximum Gasteiger partial charge on any atom is 0.249 e. The molecule has 1 rings (SSSR count). The number of Topliss-reactive ketones (excluding diaryl/α,β-unsaturated/α-hetero) is 1. The molecule has 1 fully saturated rings. The smallest absolute Gasteiger partial charge is 0.249 e. The van der Waals surface area contributed by atoms with E-state index in [-0.39, 0.29) is 25.3 Å². The van der Waals surface area contributed by atoms with E-state index < -0.39 is 17.7 Å². The van der Waals surface area contributed by atoms with E-state index in [1.807, 2.05) is 0 Å². The SMILES string of the molecule is CC(=O)CN1C(=O)CC(=O)N(C)CC1=O. The Morgan fingerprint density at radius 3 is 2.33 bits per heavy atom. The van der Waals surface area contributed by atoms with Gasteiger partial charge in [0, 0.05) is 7.05 Å². The zero-order chi connectivity index (χ0) is 11.6. The van der Waals surface area contributed by atoms with Crippen LogP contribution in [-0.4, -0.2) is 53.4 Å². The number of ketones is 1. The largest absolute Gasteiger partial charge is 0.336 e. The van der Waals surface area contributed by atoms with Crippen LogP contribution in [0.5, 0.6) is 0 Å². The summed E-state index contributed by atoms with van der Waals surface area (Å²) in [6, 6.07) is 0. The average molecular weight is 212 g/mol. The van der Waals surface area contributed by atoms with E-state index in [9.17, 15) is 19.2 Å². The fourth-order valence-electron chi connectivity index (χ4n) is 1.27. The molecule has 0 radical (unpaired) electrons. The second-order valence-corrected chi connectivity index (χ2v) is 3.50. The van der Waals surface area contributed by atoms with Crippen molar-refractivity contribution in [2.75, 3.05) is 20.1 Å². The summed E-state index contributed by atoms with van der Waals surface area (Å²) in [6.07, 6.45) is -0.352. The minimum atomic E-state index is -0.607. The van der Waals surface area contributed by atoms with E-state index in [1.165, 1.54) is 18.9 Å². The van der Waals surface area contributed by atoms with Crippen LogP contribution < -0.4 is 0 Å². The van der Waals surface area contributed by atoms with Gasteiger partial charge in [-0.3, -0.25) is 24.1 Å². The van der Waals surface area contributed by atoms with Gasteiger partial charge in [-0.25, -0.2) is 0 Å². The van der Waals surface area contributed by atoms with Crippen molar-refractivity contribution in [3.8, 4) is 0 Å². The van der Waals surface area contributed by atoms with Crippen LogP contribution >= 0.6 is 0 Å². The first-order chi connectivity index (χ1) is 6.91. The van der Waals surface area contributed by atoms with Crippen molar-refractivity contribution in [2.45, 2.75) is 13.3 Å². The number of amides is 3. The lowest BCUT2D eigenvalue weighted by Gasteiger charge is -2.16. The standard InChI is InChI=1S/C9H12N2O4/c1-6(12)4-11-8(14)3-7(13)10(2)5-9(11)15/h3-5H2,1-2H3. The zero-order valence-electron chi connectivity index (χ0n) is 8.65. The van der Waals surface area contributed by atoms with E-state index >= 15 is 0 Å². The topological polar surface area (TPSA) is 74.8 Å². The summed E-state index contributed by atoms with van der Waals surface area (Å²) in [6.45, 7) is 0.883. The quantitative estimate of drug-likeness (QED) is 0.425. The van der Waals surface area contributed by atoms with Gasteiger partial charge < -0.3 is 4.90 Å². The number of carbonyl (C=O) groups is 4. The van der Waals surface area contributed by atoms with Crippen molar-refractivity contribution in [3.05, 3.63) is 0 Å². The molecule has 0 bridgehead atoms. The van der Waals surface area contributed by atoms with Crippen molar-refractivity contribution in [1.82, 2.24) is 9.80 Å². The highest BCUT2D eigenvalue weighted by Gasteiger charge is 2.31. The van der Waals surface area contributed by atoms with Gasteiger partial charge in [0.05, 0.1) is 13.1 Å². The molecule has 15 heavy (non-hydrogen) atoms. The second kappa shape index (κ2) is 4.20. The van der Waals surface area contributed by atoms with Crippen LogP contribution in [-0.2, 0) is 19.2 Å². The van der Waals surface area contributed by atoms with E-state index in [4.69, 9.17) is 0 Å². The van der Waals surface area contributed by atoms with Gasteiger partial charge in [0.2, 0.25) is 17.7 Å². The van der Waals surface area contributed by atoms with Gasteiger partial charge in [0.15, 0.2) is 0 Å². The number of carbonyl (C=O) groups excluding carboxylic acids is 4. The highest BCUT2D eigenvalue weighted by molar-refractivity contribution is 6.09. The van der Waals surface area contributed by atoms with Crippen LogP contribution in [0.1, 0.15) is 13.3 Å². The van der Waals surface area contributed by atoms with E-state index in [1.54, 1.807) is 0 Å². The Morgan fingerprint density at radius 1 is 1.20 bits per heavy atom. The molecule has 0 saturated carbocycles. The molecule has 0 spiro atoms. The Morgan fingerprint density at radius 2 is 1.80 bits per heavy atom. The van der Waals surface area contributed by atoms with Crippen molar-refractivity contribution in [3.63, 3.8) is 0 Å². The van der Waals surface area contributed by atoms with Gasteiger partial charge in [-0.2, -0.15) is 0 Å². The molecule has 1 aliphatic heterocycles. The minimum Gasteiger partial charge on any atom is -0.336 e. The molecule has 1 heterocycles. The average Bonchev–Trinajstić information content (AvgIpc) is 2.19. The van der Waals surface area contributed by atoms with Crippen LogP contribution in [0.3, 0.4) is 0 Å². The Balaban J connectivity index is 2.86. The van der Waals surface area contributed by atoms with Gasteiger partial charge in [0.1, 0.15) is 12.2 Å². The number of likely N-dealkylation sites (N-methyl/N-ethyl adjacent to an activating group) is 1. The summed E-state index contributed by atoms with van der Waals surface area (Å²) in [5, 5.41) is 0. The molecule has 0 atom stereocenters. The monoisotopic (exact) mass is 212 g/mol. The number of hydrogen-bond acceptors (Lipinski definition) is 4. The molecule has 1 aliphatic rings. The summed E-state index contributed by atoms with van der Waals surface area (Å²) < 4.78 is 0.